The third kappa shape index (κ3) is 5.09. The van der Waals surface area contributed by atoms with E-state index < -0.39 is 36.8 Å². The summed E-state index contributed by atoms with van der Waals surface area (Å²) in [5.41, 5.74) is 1.87. The van der Waals surface area contributed by atoms with Crippen LogP contribution in [0, 0.1) is 11.8 Å². The smallest absolute Gasteiger partial charge is 0.184 e. The van der Waals surface area contributed by atoms with Crippen LogP contribution in [0.1, 0.15) is 24.3 Å². The van der Waals surface area contributed by atoms with E-state index in [4.69, 9.17) is 23.7 Å². The Morgan fingerprint density at radius 3 is 2.44 bits per heavy atom. The van der Waals surface area contributed by atoms with E-state index in [0.29, 0.717) is 13.2 Å². The van der Waals surface area contributed by atoms with Crippen LogP contribution in [0.5, 0.6) is 0 Å². The van der Waals surface area contributed by atoms with Crippen molar-refractivity contribution < 1.29 is 33.6 Å². The van der Waals surface area contributed by atoms with Gasteiger partial charge in [-0.2, -0.15) is 0 Å². The van der Waals surface area contributed by atoms with Crippen molar-refractivity contribution in [2.75, 3.05) is 20.3 Å². The predicted molar refractivity (Wildman–Crippen MR) is 115 cm³/mol. The summed E-state index contributed by atoms with van der Waals surface area (Å²) in [6.07, 6.45) is -3.96. The number of hydrogen-bond acceptors (Lipinski definition) is 7. The van der Waals surface area contributed by atoms with E-state index in [-0.39, 0.29) is 18.3 Å². The number of aliphatic hydroxyl groups excluding tert-OH is 1. The maximum atomic E-state index is 13.4. The van der Waals surface area contributed by atoms with Gasteiger partial charge in [0.25, 0.3) is 0 Å². The van der Waals surface area contributed by atoms with Crippen LogP contribution < -0.4 is 0 Å². The summed E-state index contributed by atoms with van der Waals surface area (Å²) in [4.78, 5) is 13.4. The average Bonchev–Trinajstić information content (AvgIpc) is 2.84. The molecule has 0 unspecified atom stereocenters. The van der Waals surface area contributed by atoms with Gasteiger partial charge < -0.3 is 28.8 Å². The number of Topliss-reactive ketones (excluding diaryl/α,β-unsaturated/α-hetero) is 1. The number of carbonyl (C=O) groups excluding carboxylic acids is 1. The van der Waals surface area contributed by atoms with Gasteiger partial charge in [-0.15, -0.1) is 0 Å². The highest BCUT2D eigenvalue weighted by atomic mass is 16.7. The van der Waals surface area contributed by atoms with Crippen LogP contribution in [-0.2, 0) is 35.1 Å². The quantitative estimate of drug-likeness (QED) is 0.673. The molecule has 0 amide bonds. The number of benzene rings is 2. The number of methoxy groups -OCH3 is 1. The molecule has 32 heavy (non-hydrogen) atoms. The number of ketones is 1. The zero-order valence-corrected chi connectivity index (χ0v) is 18.3. The molecule has 0 bridgehead atoms. The fourth-order valence-electron chi connectivity index (χ4n) is 4.18. The van der Waals surface area contributed by atoms with E-state index in [1.54, 1.807) is 0 Å². The summed E-state index contributed by atoms with van der Waals surface area (Å²) in [5, 5.41) is 11.0. The topological polar surface area (TPSA) is 83.5 Å². The predicted octanol–water partition coefficient (Wildman–Crippen LogP) is 2.87. The SMILES string of the molecule is CO[C@H]1O[C@@H]2CO[C@@H](c3ccccc3)O[C@H]2C(=O)[C@@H]1[C@@H](O)[C@@H](C)COCc1ccccc1. The molecule has 2 aromatic carbocycles. The molecule has 1 N–H and O–H groups in total. The molecule has 2 saturated heterocycles. The van der Waals surface area contributed by atoms with E-state index in [1.807, 2.05) is 67.6 Å². The molecule has 0 aliphatic carbocycles. The summed E-state index contributed by atoms with van der Waals surface area (Å²) in [6, 6.07) is 19.3. The Labute approximate surface area is 188 Å². The van der Waals surface area contributed by atoms with Crippen LogP contribution in [0.15, 0.2) is 60.7 Å². The average molecular weight is 443 g/mol. The fraction of sp³-hybridized carbons (Fsp3) is 0.480. The maximum absolute atomic E-state index is 13.4. The number of carbonyl (C=O) groups is 1. The number of hydrogen-bond donors (Lipinski definition) is 1. The Bertz CT molecular complexity index is 859. The van der Waals surface area contributed by atoms with Crippen molar-refractivity contribution in [3.8, 4) is 0 Å². The minimum atomic E-state index is -1.01. The zero-order chi connectivity index (χ0) is 22.5. The number of aliphatic hydroxyl groups is 1. The summed E-state index contributed by atoms with van der Waals surface area (Å²) >= 11 is 0. The summed E-state index contributed by atoms with van der Waals surface area (Å²) in [7, 11) is 1.46. The van der Waals surface area contributed by atoms with Gasteiger partial charge in [0.2, 0.25) is 0 Å². The van der Waals surface area contributed by atoms with Gasteiger partial charge in [-0.25, -0.2) is 0 Å². The molecule has 4 rings (SSSR count). The Hall–Kier alpha value is -2.13. The standard InChI is InChI=1S/C25H30O7/c1-16(13-29-14-17-9-5-3-6-10-17)21(26)20-22(27)23-19(31-25(20)28-2)15-30-24(32-23)18-11-7-4-8-12-18/h3-12,16,19-21,23-26H,13-15H2,1-2H3/t16-,19+,20-,21-,23+,24+,25-/m0/s1. The molecule has 0 saturated carbocycles. The largest absolute Gasteiger partial charge is 0.392 e. The molecule has 0 aromatic heterocycles. The van der Waals surface area contributed by atoms with E-state index in [9.17, 15) is 9.90 Å². The maximum Gasteiger partial charge on any atom is 0.184 e. The number of ether oxygens (including phenoxy) is 5. The van der Waals surface area contributed by atoms with Crippen LogP contribution in [0.25, 0.3) is 0 Å². The van der Waals surface area contributed by atoms with Gasteiger partial charge in [-0.1, -0.05) is 67.6 Å². The second-order valence-corrected chi connectivity index (χ2v) is 8.31. The van der Waals surface area contributed by atoms with Crippen molar-refractivity contribution >= 4 is 5.78 Å². The first kappa shape index (κ1) is 23.0. The first-order valence-corrected chi connectivity index (χ1v) is 10.9. The lowest BCUT2D eigenvalue weighted by Gasteiger charge is -2.45. The van der Waals surface area contributed by atoms with Crippen molar-refractivity contribution in [2.45, 2.75) is 44.4 Å². The molecule has 172 valence electrons. The van der Waals surface area contributed by atoms with Crippen LogP contribution in [0.3, 0.4) is 0 Å². The molecule has 7 atom stereocenters. The Morgan fingerprint density at radius 1 is 1.06 bits per heavy atom. The van der Waals surface area contributed by atoms with Crippen molar-refractivity contribution in [1.29, 1.82) is 0 Å². The second-order valence-electron chi connectivity index (χ2n) is 8.31. The highest BCUT2D eigenvalue weighted by Crippen LogP contribution is 2.36. The molecule has 0 radical (unpaired) electrons. The highest BCUT2D eigenvalue weighted by Gasteiger charge is 2.52. The molecule has 2 aromatic rings. The van der Waals surface area contributed by atoms with Crippen molar-refractivity contribution in [3.63, 3.8) is 0 Å². The Kier molecular flexibility index (Phi) is 7.67. The van der Waals surface area contributed by atoms with Crippen LogP contribution in [0.2, 0.25) is 0 Å². The van der Waals surface area contributed by atoms with E-state index >= 15 is 0 Å². The summed E-state index contributed by atoms with van der Waals surface area (Å²) < 4.78 is 28.9. The van der Waals surface area contributed by atoms with Crippen molar-refractivity contribution in [3.05, 3.63) is 71.8 Å². The molecule has 7 heteroatoms. The molecule has 0 spiro atoms. The lowest BCUT2D eigenvalue weighted by atomic mass is 9.83. The van der Waals surface area contributed by atoms with Crippen molar-refractivity contribution in [2.24, 2.45) is 11.8 Å². The zero-order valence-electron chi connectivity index (χ0n) is 18.3. The molecular weight excluding hydrogens is 412 g/mol. The minimum absolute atomic E-state index is 0.203. The second kappa shape index (κ2) is 10.7. The summed E-state index contributed by atoms with van der Waals surface area (Å²) in [6.45, 7) is 2.78. The molecule has 2 fully saturated rings. The van der Waals surface area contributed by atoms with Gasteiger partial charge in [0.1, 0.15) is 12.2 Å². The van der Waals surface area contributed by atoms with Gasteiger partial charge in [0.05, 0.1) is 31.8 Å². The Balaban J connectivity index is 1.40. The van der Waals surface area contributed by atoms with Gasteiger partial charge in [-0.05, 0) is 5.56 Å². The molecule has 7 nitrogen and oxygen atoms in total. The first-order valence-electron chi connectivity index (χ1n) is 10.9. The number of rotatable bonds is 8. The van der Waals surface area contributed by atoms with Crippen LogP contribution >= 0.6 is 0 Å². The minimum Gasteiger partial charge on any atom is -0.392 e. The van der Waals surface area contributed by atoms with Gasteiger partial charge in [0, 0.05) is 18.6 Å². The Morgan fingerprint density at radius 2 is 1.75 bits per heavy atom. The molecule has 2 aliphatic rings. The fourth-order valence-corrected chi connectivity index (χ4v) is 4.18. The molecule has 2 heterocycles. The van der Waals surface area contributed by atoms with Crippen molar-refractivity contribution in [1.82, 2.24) is 0 Å². The van der Waals surface area contributed by atoms with E-state index in [2.05, 4.69) is 0 Å². The molecular formula is C25H30O7. The lowest BCUT2D eigenvalue weighted by Crippen LogP contribution is -2.60. The van der Waals surface area contributed by atoms with Gasteiger partial charge in [-0.3, -0.25) is 4.79 Å². The van der Waals surface area contributed by atoms with Gasteiger partial charge >= 0.3 is 0 Å². The molecule has 2 aliphatic heterocycles. The van der Waals surface area contributed by atoms with E-state index in [1.165, 1.54) is 7.11 Å². The first-order chi connectivity index (χ1) is 15.6. The monoisotopic (exact) mass is 442 g/mol. The normalized spacial score (nSPS) is 29.8. The van der Waals surface area contributed by atoms with Crippen LogP contribution in [-0.4, -0.2) is 55.8 Å². The third-order valence-electron chi connectivity index (χ3n) is 5.98. The number of fused-ring (bicyclic) bond motifs is 1. The third-order valence-corrected chi connectivity index (χ3v) is 5.98. The summed E-state index contributed by atoms with van der Waals surface area (Å²) in [5.74, 6) is -1.43. The highest BCUT2D eigenvalue weighted by molar-refractivity contribution is 5.87. The van der Waals surface area contributed by atoms with Gasteiger partial charge in [0.15, 0.2) is 18.4 Å². The lowest BCUT2D eigenvalue weighted by molar-refractivity contribution is -0.314. The van der Waals surface area contributed by atoms with E-state index in [0.717, 1.165) is 11.1 Å². The van der Waals surface area contributed by atoms with Crippen LogP contribution in [0.4, 0.5) is 0 Å².